The number of carbonyl (C=O) groups is 1. The monoisotopic (exact) mass is 368 g/mol. The number of fused-ring (bicyclic) bond motifs is 1. The fourth-order valence-corrected chi connectivity index (χ4v) is 3.84. The standard InChI is InChI=1S/C19H20N4O2S/c24-18(20-15-4-2-1-3-5-15)22-19-21-16-7-6-14(12-17(16)26-19)13-23-8-10-25-11-9-23/h1-7,12H,8-11,13H2,(H2,20,21,22,24). The first kappa shape index (κ1) is 17.0. The zero-order chi connectivity index (χ0) is 17.8. The number of amides is 2. The van der Waals surface area contributed by atoms with E-state index in [9.17, 15) is 4.79 Å². The van der Waals surface area contributed by atoms with Gasteiger partial charge < -0.3 is 10.1 Å². The summed E-state index contributed by atoms with van der Waals surface area (Å²) < 4.78 is 6.47. The number of para-hydroxylation sites is 1. The Bertz CT molecular complexity index is 891. The maximum Gasteiger partial charge on any atom is 0.325 e. The summed E-state index contributed by atoms with van der Waals surface area (Å²) in [4.78, 5) is 19.0. The number of ether oxygens (including phenoxy) is 1. The Labute approximate surface area is 155 Å². The number of thiazole rings is 1. The number of rotatable bonds is 4. The predicted molar refractivity (Wildman–Crippen MR) is 105 cm³/mol. The van der Waals surface area contributed by atoms with Crippen LogP contribution in [-0.4, -0.2) is 42.2 Å². The summed E-state index contributed by atoms with van der Waals surface area (Å²) in [6, 6.07) is 15.3. The molecule has 2 N–H and O–H groups in total. The average Bonchev–Trinajstić information content (AvgIpc) is 3.04. The van der Waals surface area contributed by atoms with Crippen molar-refractivity contribution in [1.29, 1.82) is 0 Å². The van der Waals surface area contributed by atoms with Gasteiger partial charge in [0.1, 0.15) is 0 Å². The number of urea groups is 1. The molecule has 3 aromatic rings. The molecule has 0 bridgehead atoms. The van der Waals surface area contributed by atoms with Crippen molar-refractivity contribution in [3.63, 3.8) is 0 Å². The predicted octanol–water partition coefficient (Wildman–Crippen LogP) is 3.77. The van der Waals surface area contributed by atoms with E-state index in [1.807, 2.05) is 36.4 Å². The maximum atomic E-state index is 12.1. The summed E-state index contributed by atoms with van der Waals surface area (Å²) in [6.07, 6.45) is 0. The molecule has 0 unspecified atom stereocenters. The van der Waals surface area contributed by atoms with Gasteiger partial charge in [-0.25, -0.2) is 9.78 Å². The number of nitrogens with zero attached hydrogens (tertiary/aromatic N) is 2. The third kappa shape index (κ3) is 4.19. The van der Waals surface area contributed by atoms with Crippen LogP contribution in [0.4, 0.5) is 15.6 Å². The van der Waals surface area contributed by atoms with Gasteiger partial charge in [-0.3, -0.25) is 10.2 Å². The molecule has 0 spiro atoms. The van der Waals surface area contributed by atoms with Crippen LogP contribution in [0.3, 0.4) is 0 Å². The molecule has 2 heterocycles. The van der Waals surface area contributed by atoms with E-state index in [0.29, 0.717) is 5.13 Å². The molecular formula is C19H20N4O2S. The third-order valence-electron chi connectivity index (χ3n) is 4.21. The van der Waals surface area contributed by atoms with E-state index in [4.69, 9.17) is 4.74 Å². The molecule has 1 fully saturated rings. The number of aromatic nitrogens is 1. The van der Waals surface area contributed by atoms with E-state index >= 15 is 0 Å². The Hall–Kier alpha value is -2.48. The zero-order valence-corrected chi connectivity index (χ0v) is 15.1. The van der Waals surface area contributed by atoms with Gasteiger partial charge in [0, 0.05) is 25.3 Å². The van der Waals surface area contributed by atoms with Crippen molar-refractivity contribution in [3.05, 3.63) is 54.1 Å². The van der Waals surface area contributed by atoms with Crippen LogP contribution in [0.2, 0.25) is 0 Å². The summed E-state index contributed by atoms with van der Waals surface area (Å²) >= 11 is 1.49. The summed E-state index contributed by atoms with van der Waals surface area (Å²) in [5, 5.41) is 6.20. The molecule has 6 nitrogen and oxygen atoms in total. The highest BCUT2D eigenvalue weighted by Gasteiger charge is 2.12. The van der Waals surface area contributed by atoms with E-state index in [1.54, 1.807) is 0 Å². The highest BCUT2D eigenvalue weighted by Crippen LogP contribution is 2.27. The minimum Gasteiger partial charge on any atom is -0.379 e. The van der Waals surface area contributed by atoms with E-state index in [1.165, 1.54) is 16.9 Å². The Balaban J connectivity index is 1.42. The van der Waals surface area contributed by atoms with Crippen LogP contribution >= 0.6 is 11.3 Å². The van der Waals surface area contributed by atoms with Crippen molar-refractivity contribution in [2.24, 2.45) is 0 Å². The minimum atomic E-state index is -0.288. The Kier molecular flexibility index (Phi) is 5.10. The van der Waals surface area contributed by atoms with Crippen LogP contribution in [0.25, 0.3) is 10.2 Å². The number of hydrogen-bond donors (Lipinski definition) is 2. The largest absolute Gasteiger partial charge is 0.379 e. The number of benzene rings is 2. The highest BCUT2D eigenvalue weighted by atomic mass is 32.1. The lowest BCUT2D eigenvalue weighted by molar-refractivity contribution is 0.0342. The molecular weight excluding hydrogens is 348 g/mol. The number of hydrogen-bond acceptors (Lipinski definition) is 5. The molecule has 2 amide bonds. The van der Waals surface area contributed by atoms with Gasteiger partial charge in [0.25, 0.3) is 0 Å². The van der Waals surface area contributed by atoms with Crippen molar-refractivity contribution in [2.75, 3.05) is 36.9 Å². The van der Waals surface area contributed by atoms with Crippen molar-refractivity contribution in [1.82, 2.24) is 9.88 Å². The second-order valence-electron chi connectivity index (χ2n) is 6.15. The van der Waals surface area contributed by atoms with E-state index < -0.39 is 0 Å². The maximum absolute atomic E-state index is 12.1. The van der Waals surface area contributed by atoms with Gasteiger partial charge in [-0.2, -0.15) is 0 Å². The van der Waals surface area contributed by atoms with Crippen LogP contribution in [0.15, 0.2) is 48.5 Å². The van der Waals surface area contributed by atoms with Crippen molar-refractivity contribution >= 4 is 38.4 Å². The number of anilines is 2. The summed E-state index contributed by atoms with van der Waals surface area (Å²) in [5.41, 5.74) is 2.90. The number of morpholine rings is 1. The van der Waals surface area contributed by atoms with Crippen molar-refractivity contribution < 1.29 is 9.53 Å². The lowest BCUT2D eigenvalue weighted by Crippen LogP contribution is -2.35. The molecule has 0 atom stereocenters. The Morgan fingerprint density at radius 3 is 2.73 bits per heavy atom. The molecule has 134 valence electrons. The molecule has 26 heavy (non-hydrogen) atoms. The first-order valence-corrected chi connectivity index (χ1v) is 9.40. The van der Waals surface area contributed by atoms with Gasteiger partial charge in [0.2, 0.25) is 0 Å². The molecule has 4 rings (SSSR count). The van der Waals surface area contributed by atoms with Crippen molar-refractivity contribution in [3.8, 4) is 0 Å². The van der Waals surface area contributed by atoms with Crippen LogP contribution in [-0.2, 0) is 11.3 Å². The first-order chi connectivity index (χ1) is 12.8. The SMILES string of the molecule is O=C(Nc1ccccc1)Nc1nc2ccc(CN3CCOCC3)cc2s1. The van der Waals surface area contributed by atoms with Crippen molar-refractivity contribution in [2.45, 2.75) is 6.54 Å². The molecule has 7 heteroatoms. The van der Waals surface area contributed by atoms with E-state index in [-0.39, 0.29) is 6.03 Å². The lowest BCUT2D eigenvalue weighted by atomic mass is 10.2. The second kappa shape index (κ2) is 7.82. The lowest BCUT2D eigenvalue weighted by Gasteiger charge is -2.26. The second-order valence-corrected chi connectivity index (χ2v) is 7.19. The van der Waals surface area contributed by atoms with Crippen LogP contribution < -0.4 is 10.6 Å². The molecule has 1 saturated heterocycles. The third-order valence-corrected chi connectivity index (χ3v) is 5.15. The summed E-state index contributed by atoms with van der Waals surface area (Å²) in [7, 11) is 0. The molecule has 1 aliphatic heterocycles. The normalized spacial score (nSPS) is 15.1. The highest BCUT2D eigenvalue weighted by molar-refractivity contribution is 7.22. The average molecular weight is 368 g/mol. The van der Waals surface area contributed by atoms with Gasteiger partial charge >= 0.3 is 6.03 Å². The van der Waals surface area contributed by atoms with Crippen LogP contribution in [0.5, 0.6) is 0 Å². The van der Waals surface area contributed by atoms with E-state index in [2.05, 4.69) is 32.7 Å². The van der Waals surface area contributed by atoms with Gasteiger partial charge in [-0.1, -0.05) is 35.6 Å². The van der Waals surface area contributed by atoms with Crippen LogP contribution in [0, 0.1) is 0 Å². The summed E-state index contributed by atoms with van der Waals surface area (Å²) in [6.45, 7) is 4.44. The van der Waals surface area contributed by atoms with Gasteiger partial charge in [0.05, 0.1) is 23.4 Å². The zero-order valence-electron chi connectivity index (χ0n) is 14.3. The quantitative estimate of drug-likeness (QED) is 0.736. The Morgan fingerprint density at radius 2 is 1.92 bits per heavy atom. The number of carbonyl (C=O) groups excluding carboxylic acids is 1. The fourth-order valence-electron chi connectivity index (χ4n) is 2.92. The van der Waals surface area contributed by atoms with Gasteiger partial charge in [-0.15, -0.1) is 0 Å². The first-order valence-electron chi connectivity index (χ1n) is 8.59. The number of nitrogens with one attached hydrogen (secondary N) is 2. The molecule has 0 saturated carbocycles. The summed E-state index contributed by atoms with van der Waals surface area (Å²) in [5.74, 6) is 0. The molecule has 1 aliphatic rings. The molecule has 2 aromatic carbocycles. The van der Waals surface area contributed by atoms with Crippen LogP contribution in [0.1, 0.15) is 5.56 Å². The van der Waals surface area contributed by atoms with Gasteiger partial charge in [-0.05, 0) is 29.8 Å². The smallest absolute Gasteiger partial charge is 0.325 e. The topological polar surface area (TPSA) is 66.5 Å². The van der Waals surface area contributed by atoms with Gasteiger partial charge in [0.15, 0.2) is 5.13 Å². The molecule has 0 radical (unpaired) electrons. The Morgan fingerprint density at radius 1 is 1.12 bits per heavy atom. The minimum absolute atomic E-state index is 0.288. The molecule has 0 aliphatic carbocycles. The van der Waals surface area contributed by atoms with E-state index in [0.717, 1.165) is 48.8 Å². The fraction of sp³-hybridized carbons (Fsp3) is 0.263. The molecule has 1 aromatic heterocycles.